The number of thiophene rings is 1. The van der Waals surface area contributed by atoms with Crippen LogP contribution in [0, 0.1) is 20.8 Å². The van der Waals surface area contributed by atoms with Crippen LogP contribution < -0.4 is 5.32 Å². The Hall–Kier alpha value is -2.54. The quantitative estimate of drug-likeness (QED) is 0.320. The second-order valence-electron chi connectivity index (χ2n) is 9.32. The van der Waals surface area contributed by atoms with Gasteiger partial charge in [0.05, 0.1) is 16.6 Å². The number of nitrogens with one attached hydrogen (secondary N) is 1. The summed E-state index contributed by atoms with van der Waals surface area (Å²) in [6, 6.07) is 12.6. The third kappa shape index (κ3) is 4.54. The van der Waals surface area contributed by atoms with E-state index >= 15 is 0 Å². The minimum Gasteiger partial charge on any atom is -0.317 e. The summed E-state index contributed by atoms with van der Waals surface area (Å²) in [6.45, 7) is 11.7. The number of para-hydroxylation sites is 1. The SMILES string of the molecule is CCCN1CCc2c(sc(NC(=O)Cc3c(C)cc(C)cc3C)c2-c2nc3ccccc3s2)C1. The van der Waals surface area contributed by atoms with Crippen LogP contribution in [0.5, 0.6) is 0 Å². The molecule has 4 nitrogen and oxygen atoms in total. The first-order chi connectivity index (χ1) is 16.4. The van der Waals surface area contributed by atoms with E-state index in [1.807, 2.05) is 6.07 Å². The van der Waals surface area contributed by atoms with E-state index in [0.717, 1.165) is 59.1 Å². The van der Waals surface area contributed by atoms with Gasteiger partial charge in [-0.05, 0) is 74.5 Å². The maximum absolute atomic E-state index is 13.3. The van der Waals surface area contributed by atoms with Crippen molar-refractivity contribution in [3.8, 4) is 10.6 Å². The van der Waals surface area contributed by atoms with Gasteiger partial charge in [-0.1, -0.05) is 36.8 Å². The van der Waals surface area contributed by atoms with Crippen LogP contribution in [0.1, 0.15) is 46.0 Å². The molecule has 0 spiro atoms. The highest BCUT2D eigenvalue weighted by Gasteiger charge is 2.27. The van der Waals surface area contributed by atoms with E-state index in [0.29, 0.717) is 6.42 Å². The van der Waals surface area contributed by atoms with E-state index in [9.17, 15) is 4.79 Å². The summed E-state index contributed by atoms with van der Waals surface area (Å²) >= 11 is 3.46. The molecule has 5 rings (SSSR count). The zero-order chi connectivity index (χ0) is 23.8. The Morgan fingerprint density at radius 2 is 1.88 bits per heavy atom. The summed E-state index contributed by atoms with van der Waals surface area (Å²) in [5.41, 5.74) is 8.26. The molecular weight excluding hydrogens is 458 g/mol. The lowest BCUT2D eigenvalue weighted by Gasteiger charge is -2.26. The second-order valence-corrected chi connectivity index (χ2v) is 11.5. The van der Waals surface area contributed by atoms with Gasteiger partial charge in [-0.15, -0.1) is 22.7 Å². The van der Waals surface area contributed by atoms with Crippen molar-refractivity contribution in [1.82, 2.24) is 9.88 Å². The largest absolute Gasteiger partial charge is 0.317 e. The van der Waals surface area contributed by atoms with Crippen LogP contribution in [-0.4, -0.2) is 28.9 Å². The van der Waals surface area contributed by atoms with Crippen LogP contribution >= 0.6 is 22.7 Å². The molecule has 4 aromatic rings. The van der Waals surface area contributed by atoms with Crippen molar-refractivity contribution in [2.45, 2.75) is 53.5 Å². The number of aromatic nitrogens is 1. The lowest BCUT2D eigenvalue weighted by atomic mass is 9.97. The first-order valence-electron chi connectivity index (χ1n) is 12.0. The first-order valence-corrected chi connectivity index (χ1v) is 13.7. The van der Waals surface area contributed by atoms with Crippen LogP contribution in [0.3, 0.4) is 0 Å². The Morgan fingerprint density at radius 1 is 1.12 bits per heavy atom. The molecule has 1 aliphatic heterocycles. The fraction of sp³-hybridized carbons (Fsp3) is 0.357. The maximum Gasteiger partial charge on any atom is 0.229 e. The van der Waals surface area contributed by atoms with Crippen LogP contribution in [0.2, 0.25) is 0 Å². The molecule has 2 aromatic carbocycles. The minimum absolute atomic E-state index is 0.0430. The molecule has 1 amide bonds. The van der Waals surface area contributed by atoms with Gasteiger partial charge in [-0.3, -0.25) is 9.69 Å². The lowest BCUT2D eigenvalue weighted by Crippen LogP contribution is -2.30. The van der Waals surface area contributed by atoms with Crippen LogP contribution in [0.25, 0.3) is 20.8 Å². The average Bonchev–Trinajstić information content (AvgIpc) is 3.36. The summed E-state index contributed by atoms with van der Waals surface area (Å²) in [7, 11) is 0. The van der Waals surface area contributed by atoms with E-state index in [2.05, 4.69) is 68.2 Å². The predicted molar refractivity (Wildman–Crippen MR) is 145 cm³/mol. The van der Waals surface area contributed by atoms with E-state index in [4.69, 9.17) is 4.98 Å². The van der Waals surface area contributed by atoms with Crippen molar-refractivity contribution in [1.29, 1.82) is 0 Å². The van der Waals surface area contributed by atoms with Crippen molar-refractivity contribution in [2.75, 3.05) is 18.4 Å². The number of hydrogen-bond donors (Lipinski definition) is 1. The molecule has 1 N–H and O–H groups in total. The van der Waals surface area contributed by atoms with Gasteiger partial charge in [0.1, 0.15) is 10.0 Å². The topological polar surface area (TPSA) is 45.2 Å². The molecule has 6 heteroatoms. The number of carbonyl (C=O) groups is 1. The Kier molecular flexibility index (Phi) is 6.56. The molecule has 0 bridgehead atoms. The van der Waals surface area contributed by atoms with Gasteiger partial charge >= 0.3 is 0 Å². The monoisotopic (exact) mass is 489 g/mol. The number of aryl methyl sites for hydroxylation is 3. The fourth-order valence-electron chi connectivity index (χ4n) is 5.08. The Bertz CT molecular complexity index is 1310. The van der Waals surface area contributed by atoms with E-state index in [-0.39, 0.29) is 5.91 Å². The number of carbonyl (C=O) groups excluding carboxylic acids is 1. The van der Waals surface area contributed by atoms with Gasteiger partial charge in [0.15, 0.2) is 0 Å². The highest BCUT2D eigenvalue weighted by atomic mass is 32.1. The van der Waals surface area contributed by atoms with Crippen LogP contribution in [-0.2, 0) is 24.2 Å². The summed E-state index contributed by atoms with van der Waals surface area (Å²) in [5, 5.41) is 5.27. The molecule has 34 heavy (non-hydrogen) atoms. The maximum atomic E-state index is 13.3. The van der Waals surface area contributed by atoms with Gasteiger partial charge in [0.2, 0.25) is 5.91 Å². The molecule has 0 unspecified atom stereocenters. The molecule has 0 saturated heterocycles. The number of rotatable bonds is 6. The second kappa shape index (κ2) is 9.61. The van der Waals surface area contributed by atoms with Gasteiger partial charge in [0.25, 0.3) is 0 Å². The number of amides is 1. The normalized spacial score (nSPS) is 13.9. The Labute approximate surface area is 209 Å². The molecule has 0 atom stereocenters. The van der Waals surface area contributed by atoms with Crippen molar-refractivity contribution in [3.63, 3.8) is 0 Å². The highest BCUT2D eigenvalue weighted by Crippen LogP contribution is 2.45. The predicted octanol–water partition coefficient (Wildman–Crippen LogP) is 6.90. The third-order valence-electron chi connectivity index (χ3n) is 6.61. The van der Waals surface area contributed by atoms with Crippen LogP contribution in [0.4, 0.5) is 5.00 Å². The molecule has 0 fully saturated rings. The zero-order valence-corrected chi connectivity index (χ0v) is 22.0. The van der Waals surface area contributed by atoms with E-state index in [1.54, 1.807) is 22.7 Å². The minimum atomic E-state index is 0.0430. The summed E-state index contributed by atoms with van der Waals surface area (Å²) in [4.78, 5) is 22.1. The number of hydrogen-bond acceptors (Lipinski definition) is 5. The molecular formula is C28H31N3OS2. The highest BCUT2D eigenvalue weighted by molar-refractivity contribution is 7.22. The number of benzene rings is 2. The van der Waals surface area contributed by atoms with E-state index in [1.165, 1.54) is 31.8 Å². The number of nitrogens with zero attached hydrogens (tertiary/aromatic N) is 2. The smallest absolute Gasteiger partial charge is 0.229 e. The molecule has 0 aliphatic carbocycles. The van der Waals surface area contributed by atoms with Crippen molar-refractivity contribution in [3.05, 3.63) is 69.1 Å². The van der Waals surface area contributed by atoms with Gasteiger partial charge in [-0.25, -0.2) is 4.98 Å². The van der Waals surface area contributed by atoms with Gasteiger partial charge < -0.3 is 5.32 Å². The number of anilines is 1. The number of thiazole rings is 1. The molecule has 0 radical (unpaired) electrons. The van der Waals surface area contributed by atoms with Crippen molar-refractivity contribution >= 4 is 43.8 Å². The summed E-state index contributed by atoms with van der Waals surface area (Å²) in [5.74, 6) is 0.0430. The van der Waals surface area contributed by atoms with Gasteiger partial charge in [0, 0.05) is 23.5 Å². The fourth-order valence-corrected chi connectivity index (χ4v) is 7.49. The van der Waals surface area contributed by atoms with E-state index < -0.39 is 0 Å². The lowest BCUT2D eigenvalue weighted by molar-refractivity contribution is -0.115. The third-order valence-corrected chi connectivity index (χ3v) is 8.80. The molecule has 0 saturated carbocycles. The first kappa shape index (κ1) is 23.2. The van der Waals surface area contributed by atoms with Crippen molar-refractivity contribution in [2.24, 2.45) is 0 Å². The Balaban J connectivity index is 1.50. The molecule has 2 aromatic heterocycles. The number of fused-ring (bicyclic) bond motifs is 2. The average molecular weight is 490 g/mol. The summed E-state index contributed by atoms with van der Waals surface area (Å²) < 4.78 is 1.18. The Morgan fingerprint density at radius 3 is 2.62 bits per heavy atom. The molecule has 176 valence electrons. The molecule has 3 heterocycles. The molecule has 1 aliphatic rings. The van der Waals surface area contributed by atoms with Crippen LogP contribution in [0.15, 0.2) is 36.4 Å². The standard InChI is InChI=1S/C28H31N3OS2/c1-5-11-31-12-10-20-24(16-31)34-28(26(20)27-29-22-8-6-7-9-23(22)33-27)30-25(32)15-21-18(3)13-17(2)14-19(21)4/h6-9,13-14H,5,10-12,15-16H2,1-4H3,(H,30,32). The zero-order valence-electron chi connectivity index (χ0n) is 20.3. The van der Waals surface area contributed by atoms with Gasteiger partial charge in [-0.2, -0.15) is 0 Å². The summed E-state index contributed by atoms with van der Waals surface area (Å²) in [6.07, 6.45) is 2.55. The van der Waals surface area contributed by atoms with Crippen molar-refractivity contribution < 1.29 is 4.79 Å².